The van der Waals surface area contributed by atoms with E-state index in [-0.39, 0.29) is 5.91 Å². The number of hydrogen-bond donors (Lipinski definition) is 1. The second-order valence-electron chi connectivity index (χ2n) is 10.7. The Morgan fingerprint density at radius 3 is 2.36 bits per heavy atom. The molecule has 0 bridgehead atoms. The topological polar surface area (TPSA) is 75.9 Å². The van der Waals surface area contributed by atoms with Gasteiger partial charge in [-0.25, -0.2) is 4.39 Å². The first-order valence-electron chi connectivity index (χ1n) is 13.3. The van der Waals surface area contributed by atoms with Gasteiger partial charge in [0.05, 0.1) is 6.61 Å². The number of primary amides is 1. The van der Waals surface area contributed by atoms with Crippen molar-refractivity contribution < 1.29 is 18.7 Å². The van der Waals surface area contributed by atoms with Gasteiger partial charge in [-0.1, -0.05) is 30.3 Å². The molecule has 3 fully saturated rings. The summed E-state index contributed by atoms with van der Waals surface area (Å²) < 4.78 is 20.5. The minimum absolute atomic E-state index is 0.158. The maximum atomic E-state index is 14.4. The highest BCUT2D eigenvalue weighted by atomic mass is 19.1. The molecule has 2 heterocycles. The van der Waals surface area contributed by atoms with Gasteiger partial charge in [-0.3, -0.25) is 9.59 Å². The van der Waals surface area contributed by atoms with E-state index < -0.39 is 17.6 Å². The first kappa shape index (κ1) is 24.8. The summed E-state index contributed by atoms with van der Waals surface area (Å²) in [5, 5.41) is 0. The second-order valence-corrected chi connectivity index (χ2v) is 10.7. The molecule has 2 amide bonds. The van der Waals surface area contributed by atoms with Crippen LogP contribution in [0.2, 0.25) is 0 Å². The van der Waals surface area contributed by atoms with Crippen LogP contribution < -0.4 is 10.5 Å². The molecule has 2 saturated heterocycles. The molecular formula is C29H36FN3O3. The van der Waals surface area contributed by atoms with Gasteiger partial charge in [-0.05, 0) is 93.3 Å². The lowest BCUT2D eigenvalue weighted by Crippen LogP contribution is -2.47. The van der Waals surface area contributed by atoms with Gasteiger partial charge in [0.25, 0.3) is 5.91 Å². The van der Waals surface area contributed by atoms with E-state index in [1.807, 2.05) is 42.5 Å². The van der Waals surface area contributed by atoms with Crippen LogP contribution in [0.3, 0.4) is 0 Å². The summed E-state index contributed by atoms with van der Waals surface area (Å²) in [7, 11) is 0. The van der Waals surface area contributed by atoms with Crippen LogP contribution >= 0.6 is 0 Å². The fourth-order valence-corrected chi connectivity index (χ4v) is 5.76. The Balaban J connectivity index is 1.17. The summed E-state index contributed by atoms with van der Waals surface area (Å²) in [4.78, 5) is 29.0. The van der Waals surface area contributed by atoms with E-state index in [1.54, 1.807) is 11.0 Å². The highest BCUT2D eigenvalue weighted by Crippen LogP contribution is 2.37. The van der Waals surface area contributed by atoms with E-state index in [0.29, 0.717) is 37.6 Å². The van der Waals surface area contributed by atoms with Crippen molar-refractivity contribution in [1.29, 1.82) is 0 Å². The van der Waals surface area contributed by atoms with E-state index in [9.17, 15) is 14.0 Å². The number of carbonyl (C=O) groups is 2. The minimum Gasteiger partial charge on any atom is -0.493 e. The molecule has 7 heteroatoms. The third-order valence-corrected chi connectivity index (χ3v) is 8.11. The van der Waals surface area contributed by atoms with Crippen molar-refractivity contribution in [3.05, 3.63) is 54.1 Å². The van der Waals surface area contributed by atoms with E-state index in [1.165, 1.54) is 0 Å². The largest absolute Gasteiger partial charge is 0.493 e. The Labute approximate surface area is 212 Å². The molecule has 6 nitrogen and oxygen atoms in total. The molecule has 2 aromatic carbocycles. The quantitative estimate of drug-likeness (QED) is 0.591. The van der Waals surface area contributed by atoms with Gasteiger partial charge in [0.1, 0.15) is 17.5 Å². The Morgan fingerprint density at radius 1 is 0.972 bits per heavy atom. The molecule has 1 saturated carbocycles. The predicted molar refractivity (Wildman–Crippen MR) is 137 cm³/mol. The molecule has 5 rings (SSSR count). The zero-order chi connectivity index (χ0) is 25.1. The van der Waals surface area contributed by atoms with Gasteiger partial charge in [0, 0.05) is 18.7 Å². The molecule has 2 aliphatic heterocycles. The number of benzene rings is 2. The van der Waals surface area contributed by atoms with Crippen LogP contribution in [0.15, 0.2) is 48.5 Å². The lowest BCUT2D eigenvalue weighted by molar-refractivity contribution is -0.121. The van der Waals surface area contributed by atoms with Crippen molar-refractivity contribution in [2.24, 2.45) is 11.7 Å². The molecular weight excluding hydrogens is 457 g/mol. The zero-order valence-electron chi connectivity index (χ0n) is 20.8. The maximum absolute atomic E-state index is 14.4. The number of alkyl halides is 1. The minimum atomic E-state index is -0.938. The highest BCUT2D eigenvalue weighted by Gasteiger charge is 2.39. The number of ether oxygens (including phenoxy) is 1. The molecule has 1 unspecified atom stereocenters. The Kier molecular flexibility index (Phi) is 7.28. The van der Waals surface area contributed by atoms with E-state index in [2.05, 4.69) is 4.90 Å². The van der Waals surface area contributed by atoms with Crippen molar-refractivity contribution in [2.75, 3.05) is 32.8 Å². The predicted octanol–water partition coefficient (Wildman–Crippen LogP) is 4.43. The first-order chi connectivity index (χ1) is 17.4. The number of halogens is 1. The Hall–Kier alpha value is -2.93. The normalized spacial score (nSPS) is 22.2. The first-order valence-corrected chi connectivity index (χ1v) is 13.3. The summed E-state index contributed by atoms with van der Waals surface area (Å²) in [6, 6.07) is 14.8. The number of carbonyl (C=O) groups excluding carboxylic acids is 2. The van der Waals surface area contributed by atoms with Crippen LogP contribution in [-0.4, -0.2) is 66.1 Å². The summed E-state index contributed by atoms with van der Waals surface area (Å²) >= 11 is 0. The molecule has 0 aromatic heterocycles. The van der Waals surface area contributed by atoms with Crippen LogP contribution in [0, 0.1) is 5.92 Å². The van der Waals surface area contributed by atoms with Crippen LogP contribution in [0.4, 0.5) is 4.39 Å². The third-order valence-electron chi connectivity index (χ3n) is 8.11. The average molecular weight is 494 g/mol. The van der Waals surface area contributed by atoms with Crippen LogP contribution in [0.5, 0.6) is 5.75 Å². The Bertz CT molecular complexity index is 1080. The number of rotatable bonds is 8. The van der Waals surface area contributed by atoms with Crippen molar-refractivity contribution in [2.45, 2.75) is 56.7 Å². The van der Waals surface area contributed by atoms with Crippen molar-refractivity contribution >= 4 is 11.8 Å². The molecule has 192 valence electrons. The van der Waals surface area contributed by atoms with Crippen LogP contribution in [-0.2, 0) is 4.79 Å². The number of hydrogen-bond acceptors (Lipinski definition) is 4. The SMILES string of the molecule is NC(=O)C1CCCN1C(=O)c1ccccc1-c1ccc(OCC2CCN(CC3(F)CCC3)CC2)cc1. The summed E-state index contributed by atoms with van der Waals surface area (Å²) in [5.74, 6) is 0.676. The van der Waals surface area contributed by atoms with Gasteiger partial charge < -0.3 is 20.3 Å². The fraction of sp³-hybridized carbons (Fsp3) is 0.517. The van der Waals surface area contributed by atoms with Crippen molar-refractivity contribution in [3.63, 3.8) is 0 Å². The number of nitrogens with zero attached hydrogens (tertiary/aromatic N) is 2. The Morgan fingerprint density at radius 2 is 1.69 bits per heavy atom. The van der Waals surface area contributed by atoms with Crippen molar-refractivity contribution in [1.82, 2.24) is 9.80 Å². The summed E-state index contributed by atoms with van der Waals surface area (Å²) in [5.41, 5.74) is 6.91. The fourth-order valence-electron chi connectivity index (χ4n) is 5.76. The molecule has 2 N–H and O–H groups in total. The molecule has 1 atom stereocenters. The maximum Gasteiger partial charge on any atom is 0.255 e. The molecule has 0 radical (unpaired) electrons. The molecule has 3 aliphatic rings. The number of piperidine rings is 1. The highest BCUT2D eigenvalue weighted by molar-refractivity contribution is 6.03. The number of likely N-dealkylation sites (tertiary alicyclic amines) is 2. The molecule has 2 aromatic rings. The molecule has 36 heavy (non-hydrogen) atoms. The van der Waals surface area contributed by atoms with Gasteiger partial charge in [0.2, 0.25) is 5.91 Å². The van der Waals surface area contributed by atoms with E-state index >= 15 is 0 Å². The average Bonchev–Trinajstić information content (AvgIpc) is 3.38. The van der Waals surface area contributed by atoms with Crippen LogP contribution in [0.1, 0.15) is 55.3 Å². The summed E-state index contributed by atoms with van der Waals surface area (Å²) in [6.45, 7) is 3.68. The monoisotopic (exact) mass is 493 g/mol. The van der Waals surface area contributed by atoms with Gasteiger partial charge in [-0.2, -0.15) is 0 Å². The second kappa shape index (κ2) is 10.6. The standard InChI is InChI=1S/C29H36FN3O3/c30-29(14-4-15-29)20-32-17-12-21(13-18-32)19-36-23-10-8-22(9-11-23)24-5-1-2-6-25(24)28(35)33-16-3-7-26(33)27(31)34/h1-2,5-6,8-11,21,26H,3-4,7,12-20H2,(H2,31,34). The van der Waals surface area contributed by atoms with Gasteiger partial charge >= 0.3 is 0 Å². The van der Waals surface area contributed by atoms with E-state index in [0.717, 1.165) is 68.5 Å². The number of nitrogens with two attached hydrogens (primary N) is 1. The summed E-state index contributed by atoms with van der Waals surface area (Å²) in [6.07, 6.45) is 5.93. The van der Waals surface area contributed by atoms with Gasteiger partial charge in [0.15, 0.2) is 0 Å². The lowest BCUT2D eigenvalue weighted by Gasteiger charge is -2.41. The zero-order valence-corrected chi connectivity index (χ0v) is 20.8. The molecule has 0 spiro atoms. The number of amides is 2. The molecule has 1 aliphatic carbocycles. The third kappa shape index (κ3) is 5.41. The lowest BCUT2D eigenvalue weighted by atomic mass is 9.81. The van der Waals surface area contributed by atoms with E-state index in [4.69, 9.17) is 10.5 Å². The van der Waals surface area contributed by atoms with Gasteiger partial charge in [-0.15, -0.1) is 0 Å². The smallest absolute Gasteiger partial charge is 0.255 e. The van der Waals surface area contributed by atoms with Crippen LogP contribution in [0.25, 0.3) is 11.1 Å². The van der Waals surface area contributed by atoms with Crippen molar-refractivity contribution in [3.8, 4) is 16.9 Å².